The van der Waals surface area contributed by atoms with Crippen LogP contribution in [0.2, 0.25) is 0 Å². The molecule has 1 N–H and O–H groups in total. The van der Waals surface area contributed by atoms with Crippen molar-refractivity contribution >= 4 is 11.7 Å². The van der Waals surface area contributed by atoms with Crippen LogP contribution < -0.4 is 5.32 Å². The molecular weight excluding hydrogens is 187 g/mol. The molecule has 0 spiro atoms. The highest BCUT2D eigenvalue weighted by atomic mass is 19.1. The van der Waals surface area contributed by atoms with Crippen LogP contribution in [0, 0.1) is 5.95 Å². The van der Waals surface area contributed by atoms with Crippen LogP contribution >= 0.6 is 0 Å². The van der Waals surface area contributed by atoms with Crippen molar-refractivity contribution in [2.24, 2.45) is 0 Å². The Morgan fingerprint density at radius 1 is 1.71 bits per heavy atom. The fourth-order valence-electron chi connectivity index (χ4n) is 0.899. The lowest BCUT2D eigenvalue weighted by molar-refractivity contribution is -0.140. The van der Waals surface area contributed by atoms with Gasteiger partial charge in [-0.1, -0.05) is 0 Å². The molecule has 0 atom stereocenters. The summed E-state index contributed by atoms with van der Waals surface area (Å²) < 4.78 is 17.3. The van der Waals surface area contributed by atoms with Crippen molar-refractivity contribution in [2.45, 2.75) is 6.92 Å². The van der Waals surface area contributed by atoms with Gasteiger partial charge < -0.3 is 10.1 Å². The third kappa shape index (κ3) is 3.38. The maximum atomic E-state index is 12.6. The molecule has 76 valence electrons. The highest BCUT2D eigenvalue weighted by Crippen LogP contribution is 2.05. The molecule has 0 aliphatic carbocycles. The van der Waals surface area contributed by atoms with E-state index in [4.69, 9.17) is 0 Å². The number of nitrogens with zero attached hydrogens (tertiary/aromatic N) is 1. The molecule has 14 heavy (non-hydrogen) atoms. The largest absolute Gasteiger partial charge is 0.465 e. The van der Waals surface area contributed by atoms with Crippen molar-refractivity contribution in [3.8, 4) is 0 Å². The molecule has 0 bridgehead atoms. The number of nitrogens with one attached hydrogen (secondary N) is 1. The molecule has 1 aromatic rings. The van der Waals surface area contributed by atoms with Gasteiger partial charge in [0, 0.05) is 18.0 Å². The number of carbonyl (C=O) groups excluding carboxylic acids is 1. The van der Waals surface area contributed by atoms with E-state index in [0.29, 0.717) is 12.3 Å². The quantitative estimate of drug-likeness (QED) is 0.583. The maximum Gasteiger partial charge on any atom is 0.325 e. The monoisotopic (exact) mass is 198 g/mol. The number of anilines is 1. The third-order valence-corrected chi connectivity index (χ3v) is 1.47. The fourth-order valence-corrected chi connectivity index (χ4v) is 0.899. The first-order chi connectivity index (χ1) is 6.72. The van der Waals surface area contributed by atoms with E-state index in [1.165, 1.54) is 12.3 Å². The fraction of sp³-hybridized carbons (Fsp3) is 0.333. The van der Waals surface area contributed by atoms with Crippen LogP contribution in [0.15, 0.2) is 18.3 Å². The van der Waals surface area contributed by atoms with Crippen LogP contribution in [0.5, 0.6) is 0 Å². The molecule has 0 saturated heterocycles. The summed E-state index contributed by atoms with van der Waals surface area (Å²) in [5.41, 5.74) is 0.505. The average Bonchev–Trinajstić information content (AvgIpc) is 2.15. The molecule has 0 amide bonds. The molecule has 5 heteroatoms. The van der Waals surface area contributed by atoms with Crippen LogP contribution in [0.4, 0.5) is 10.1 Å². The third-order valence-electron chi connectivity index (χ3n) is 1.47. The predicted octanol–water partition coefficient (Wildman–Crippen LogP) is 1.20. The Labute approximate surface area is 81.1 Å². The molecule has 0 aromatic carbocycles. The van der Waals surface area contributed by atoms with E-state index in [0.717, 1.165) is 0 Å². The summed E-state index contributed by atoms with van der Waals surface area (Å²) in [5, 5.41) is 2.72. The number of rotatable bonds is 4. The Hall–Kier alpha value is -1.65. The Bertz CT molecular complexity index is 317. The van der Waals surface area contributed by atoms with Crippen molar-refractivity contribution < 1.29 is 13.9 Å². The lowest BCUT2D eigenvalue weighted by Gasteiger charge is -2.04. The summed E-state index contributed by atoms with van der Waals surface area (Å²) in [6.07, 6.45) is 1.32. The molecule has 0 radical (unpaired) electrons. The van der Waals surface area contributed by atoms with E-state index in [1.807, 2.05) is 0 Å². The highest BCUT2D eigenvalue weighted by molar-refractivity contribution is 5.74. The van der Waals surface area contributed by atoms with Crippen molar-refractivity contribution in [1.29, 1.82) is 0 Å². The van der Waals surface area contributed by atoms with Gasteiger partial charge in [0.2, 0.25) is 5.95 Å². The normalized spacial score (nSPS) is 9.57. The number of halogens is 1. The second kappa shape index (κ2) is 5.16. The van der Waals surface area contributed by atoms with Gasteiger partial charge in [0.05, 0.1) is 6.61 Å². The van der Waals surface area contributed by atoms with E-state index in [-0.39, 0.29) is 12.5 Å². The zero-order valence-corrected chi connectivity index (χ0v) is 7.79. The van der Waals surface area contributed by atoms with Crippen molar-refractivity contribution in [1.82, 2.24) is 4.98 Å². The molecular formula is C9H11FN2O2. The molecule has 0 aliphatic heterocycles. The van der Waals surface area contributed by atoms with Crippen LogP contribution in [0.25, 0.3) is 0 Å². The van der Waals surface area contributed by atoms with E-state index in [9.17, 15) is 9.18 Å². The van der Waals surface area contributed by atoms with Crippen LogP contribution in [0.1, 0.15) is 6.92 Å². The summed E-state index contributed by atoms with van der Waals surface area (Å²) >= 11 is 0. The second-order valence-corrected chi connectivity index (χ2v) is 2.53. The minimum absolute atomic E-state index is 0.0251. The summed E-state index contributed by atoms with van der Waals surface area (Å²) in [4.78, 5) is 14.3. The van der Waals surface area contributed by atoms with Gasteiger partial charge >= 0.3 is 5.97 Å². The summed E-state index contributed by atoms with van der Waals surface area (Å²) in [6, 6.07) is 2.78. The lowest BCUT2D eigenvalue weighted by Crippen LogP contribution is -2.16. The van der Waals surface area contributed by atoms with E-state index < -0.39 is 5.95 Å². The zero-order chi connectivity index (χ0) is 10.4. The lowest BCUT2D eigenvalue weighted by atomic mass is 10.4. The van der Waals surface area contributed by atoms with E-state index >= 15 is 0 Å². The Morgan fingerprint density at radius 3 is 3.14 bits per heavy atom. The number of ether oxygens (including phenoxy) is 1. The van der Waals surface area contributed by atoms with Crippen LogP contribution in [-0.2, 0) is 9.53 Å². The molecule has 1 aromatic heterocycles. The van der Waals surface area contributed by atoms with Gasteiger partial charge in [-0.3, -0.25) is 4.79 Å². The van der Waals surface area contributed by atoms with Crippen molar-refractivity contribution in [3.63, 3.8) is 0 Å². The number of carbonyl (C=O) groups is 1. The second-order valence-electron chi connectivity index (χ2n) is 2.53. The Morgan fingerprint density at radius 2 is 2.50 bits per heavy atom. The summed E-state index contributed by atoms with van der Waals surface area (Å²) in [5.74, 6) is -0.955. The number of esters is 1. The van der Waals surface area contributed by atoms with Crippen molar-refractivity contribution in [2.75, 3.05) is 18.5 Å². The zero-order valence-electron chi connectivity index (χ0n) is 7.79. The number of aromatic nitrogens is 1. The molecule has 0 unspecified atom stereocenters. The van der Waals surface area contributed by atoms with E-state index in [1.54, 1.807) is 13.0 Å². The van der Waals surface area contributed by atoms with Gasteiger partial charge in [-0.2, -0.15) is 4.39 Å². The average molecular weight is 198 g/mol. The molecule has 0 saturated carbocycles. The first-order valence-corrected chi connectivity index (χ1v) is 4.23. The van der Waals surface area contributed by atoms with Crippen LogP contribution in [-0.4, -0.2) is 24.1 Å². The first-order valence-electron chi connectivity index (χ1n) is 4.23. The van der Waals surface area contributed by atoms with Gasteiger partial charge in [0.25, 0.3) is 0 Å². The molecule has 1 rings (SSSR count). The number of pyridine rings is 1. The van der Waals surface area contributed by atoms with Gasteiger partial charge in [0.1, 0.15) is 6.54 Å². The molecule has 0 aliphatic rings. The van der Waals surface area contributed by atoms with E-state index in [2.05, 4.69) is 15.0 Å². The van der Waals surface area contributed by atoms with Crippen LogP contribution in [0.3, 0.4) is 0 Å². The standard InChI is InChI=1S/C9H11FN2O2/c1-2-14-9(13)6-12-7-3-4-11-8(10)5-7/h3-5H,2,6H2,1H3,(H,11,12). The van der Waals surface area contributed by atoms with Gasteiger partial charge in [-0.25, -0.2) is 4.98 Å². The molecule has 4 nitrogen and oxygen atoms in total. The predicted molar refractivity (Wildman–Crippen MR) is 49.3 cm³/mol. The minimum atomic E-state index is -0.584. The van der Waals surface area contributed by atoms with Gasteiger partial charge in [-0.05, 0) is 13.0 Å². The first kappa shape index (κ1) is 10.4. The topological polar surface area (TPSA) is 51.2 Å². The smallest absolute Gasteiger partial charge is 0.325 e. The highest BCUT2D eigenvalue weighted by Gasteiger charge is 2.01. The number of hydrogen-bond acceptors (Lipinski definition) is 4. The number of hydrogen-bond donors (Lipinski definition) is 1. The molecule has 0 fully saturated rings. The molecule has 1 heterocycles. The van der Waals surface area contributed by atoms with Gasteiger partial charge in [-0.15, -0.1) is 0 Å². The van der Waals surface area contributed by atoms with Gasteiger partial charge in [0.15, 0.2) is 0 Å². The summed E-state index contributed by atoms with van der Waals surface area (Å²) in [6.45, 7) is 2.09. The van der Waals surface area contributed by atoms with Crippen molar-refractivity contribution in [3.05, 3.63) is 24.3 Å². The maximum absolute atomic E-state index is 12.6. The Balaban J connectivity index is 2.41. The summed E-state index contributed by atoms with van der Waals surface area (Å²) in [7, 11) is 0. The SMILES string of the molecule is CCOC(=O)CNc1ccnc(F)c1. The minimum Gasteiger partial charge on any atom is -0.465 e. The Kier molecular flexibility index (Phi) is 3.84.